The lowest BCUT2D eigenvalue weighted by atomic mass is 10.1. The molecule has 0 saturated heterocycles. The van der Waals surface area contributed by atoms with Crippen LogP contribution < -0.4 is 5.32 Å². The Kier molecular flexibility index (Phi) is 2.46. The van der Waals surface area contributed by atoms with Crippen LogP contribution in [0.2, 0.25) is 0 Å². The van der Waals surface area contributed by atoms with E-state index in [9.17, 15) is 9.90 Å². The lowest BCUT2D eigenvalue weighted by molar-refractivity contribution is -0.124. The Morgan fingerprint density at radius 2 is 1.95 bits per heavy atom. The summed E-state index contributed by atoms with van der Waals surface area (Å²) in [7, 11) is 0. The zero-order chi connectivity index (χ0) is 13.0. The molecule has 19 heavy (non-hydrogen) atoms. The van der Waals surface area contributed by atoms with Crippen LogP contribution >= 0.6 is 0 Å². The van der Waals surface area contributed by atoms with E-state index in [1.165, 1.54) is 19.3 Å². The van der Waals surface area contributed by atoms with Gasteiger partial charge in [-0.05, 0) is 35.8 Å². The molecular weight excluding hydrogens is 238 g/mol. The minimum Gasteiger partial charge on any atom is -0.390 e. The van der Waals surface area contributed by atoms with E-state index in [4.69, 9.17) is 0 Å². The second-order valence-electron chi connectivity index (χ2n) is 6.24. The fraction of sp³-hybridized carbons (Fsp3) is 0.562. The first kappa shape index (κ1) is 11.5. The molecule has 3 aliphatic rings. The maximum Gasteiger partial charge on any atom is 0.224 e. The Bertz CT molecular complexity index is 517. The van der Waals surface area contributed by atoms with Gasteiger partial charge in [0.2, 0.25) is 5.91 Å². The molecule has 100 valence electrons. The third kappa shape index (κ3) is 1.71. The fourth-order valence-corrected chi connectivity index (χ4v) is 4.21. The molecule has 2 N–H and O–H groups in total. The number of carbonyl (C=O) groups is 1. The molecule has 1 amide bonds. The van der Waals surface area contributed by atoms with Crippen LogP contribution in [0.4, 0.5) is 0 Å². The molecule has 0 heterocycles. The van der Waals surface area contributed by atoms with Crippen molar-refractivity contribution >= 4 is 5.91 Å². The molecule has 3 heteroatoms. The summed E-state index contributed by atoms with van der Waals surface area (Å²) in [6, 6.07) is 7.81. The highest BCUT2D eigenvalue weighted by Crippen LogP contribution is 2.57. The largest absolute Gasteiger partial charge is 0.390 e. The summed E-state index contributed by atoms with van der Waals surface area (Å²) < 4.78 is 0. The highest BCUT2D eigenvalue weighted by Gasteiger charge is 2.56. The Hall–Kier alpha value is -1.35. The second-order valence-corrected chi connectivity index (χ2v) is 6.24. The van der Waals surface area contributed by atoms with E-state index in [2.05, 4.69) is 5.32 Å². The minimum absolute atomic E-state index is 0.162. The molecule has 0 aromatic heterocycles. The third-order valence-electron chi connectivity index (χ3n) is 5.21. The van der Waals surface area contributed by atoms with Crippen LogP contribution in [0.25, 0.3) is 0 Å². The molecule has 3 nitrogen and oxygen atoms in total. The molecule has 1 aromatic carbocycles. The number of carbonyl (C=O) groups excluding carboxylic acids is 1. The number of rotatable bonds is 2. The zero-order valence-electron chi connectivity index (χ0n) is 10.9. The summed E-state index contributed by atoms with van der Waals surface area (Å²) in [6.45, 7) is 0. The van der Waals surface area contributed by atoms with E-state index < -0.39 is 6.10 Å². The molecule has 2 fully saturated rings. The van der Waals surface area contributed by atoms with Crippen molar-refractivity contribution in [3.05, 3.63) is 35.4 Å². The summed E-state index contributed by atoms with van der Waals surface area (Å²) in [5.41, 5.74) is 2.26. The van der Waals surface area contributed by atoms with Gasteiger partial charge in [0.05, 0.1) is 12.1 Å². The lowest BCUT2D eigenvalue weighted by Gasteiger charge is -2.18. The quantitative estimate of drug-likeness (QED) is 0.849. The molecule has 0 spiro atoms. The van der Waals surface area contributed by atoms with Gasteiger partial charge in [-0.25, -0.2) is 0 Å². The first-order valence-electron chi connectivity index (χ1n) is 7.32. The number of hydrogen-bond acceptors (Lipinski definition) is 2. The molecule has 0 bridgehead atoms. The number of amides is 1. The first-order chi connectivity index (χ1) is 9.25. The van der Waals surface area contributed by atoms with Crippen molar-refractivity contribution < 1.29 is 9.90 Å². The van der Waals surface area contributed by atoms with Gasteiger partial charge in [0, 0.05) is 12.3 Å². The molecule has 0 aliphatic heterocycles. The predicted molar refractivity (Wildman–Crippen MR) is 71.4 cm³/mol. The van der Waals surface area contributed by atoms with Crippen molar-refractivity contribution in [2.45, 2.75) is 37.8 Å². The maximum absolute atomic E-state index is 12.3. The molecule has 4 atom stereocenters. The van der Waals surface area contributed by atoms with Crippen molar-refractivity contribution in [1.29, 1.82) is 0 Å². The topological polar surface area (TPSA) is 49.3 Å². The van der Waals surface area contributed by atoms with Gasteiger partial charge in [-0.3, -0.25) is 4.79 Å². The van der Waals surface area contributed by atoms with Crippen LogP contribution in [0.1, 0.15) is 36.4 Å². The summed E-state index contributed by atoms with van der Waals surface area (Å²) in [4.78, 5) is 12.3. The van der Waals surface area contributed by atoms with E-state index in [1.807, 2.05) is 24.3 Å². The Morgan fingerprint density at radius 1 is 1.21 bits per heavy atom. The van der Waals surface area contributed by atoms with Gasteiger partial charge < -0.3 is 10.4 Å². The molecule has 2 saturated carbocycles. The number of aliphatic hydroxyl groups excluding tert-OH is 1. The maximum atomic E-state index is 12.3. The SMILES string of the molecule is O=C(NC1c2ccccc2CC1O)C1C2CCCC21. The van der Waals surface area contributed by atoms with E-state index in [-0.39, 0.29) is 17.9 Å². The fourth-order valence-electron chi connectivity index (χ4n) is 4.21. The van der Waals surface area contributed by atoms with E-state index >= 15 is 0 Å². The van der Waals surface area contributed by atoms with E-state index in [1.54, 1.807) is 0 Å². The number of hydrogen-bond donors (Lipinski definition) is 2. The van der Waals surface area contributed by atoms with Crippen molar-refractivity contribution in [1.82, 2.24) is 5.32 Å². The monoisotopic (exact) mass is 257 g/mol. The zero-order valence-corrected chi connectivity index (χ0v) is 10.9. The molecule has 4 unspecified atom stereocenters. The predicted octanol–water partition coefficient (Wildman–Crippen LogP) is 1.81. The van der Waals surface area contributed by atoms with E-state index in [0.29, 0.717) is 18.3 Å². The van der Waals surface area contributed by atoms with Gasteiger partial charge in [-0.2, -0.15) is 0 Å². The number of benzene rings is 1. The molecule has 3 aliphatic carbocycles. The molecule has 0 radical (unpaired) electrons. The summed E-state index contributed by atoms with van der Waals surface area (Å²) in [5, 5.41) is 13.2. The van der Waals surface area contributed by atoms with E-state index in [0.717, 1.165) is 11.1 Å². The average molecular weight is 257 g/mol. The van der Waals surface area contributed by atoms with Gasteiger partial charge >= 0.3 is 0 Å². The third-order valence-corrected chi connectivity index (χ3v) is 5.21. The lowest BCUT2D eigenvalue weighted by Crippen LogP contribution is -2.35. The van der Waals surface area contributed by atoms with Crippen LogP contribution in [0.3, 0.4) is 0 Å². The molecule has 1 aromatic rings. The van der Waals surface area contributed by atoms with Crippen LogP contribution in [0, 0.1) is 17.8 Å². The highest BCUT2D eigenvalue weighted by atomic mass is 16.3. The van der Waals surface area contributed by atoms with Crippen LogP contribution in [0.5, 0.6) is 0 Å². The Balaban J connectivity index is 1.50. The van der Waals surface area contributed by atoms with Gasteiger partial charge in [0.15, 0.2) is 0 Å². The standard InChI is InChI=1S/C16H19NO2/c18-13-8-9-4-1-2-5-10(9)15(13)17-16(19)14-11-6-3-7-12(11)14/h1-2,4-5,11-15,18H,3,6-8H2,(H,17,19). The molecule has 4 rings (SSSR count). The highest BCUT2D eigenvalue weighted by molar-refractivity contribution is 5.83. The molecular formula is C16H19NO2. The van der Waals surface area contributed by atoms with Gasteiger partial charge in [-0.1, -0.05) is 30.7 Å². The van der Waals surface area contributed by atoms with Gasteiger partial charge in [0.1, 0.15) is 0 Å². The Morgan fingerprint density at radius 3 is 2.74 bits per heavy atom. The van der Waals surface area contributed by atoms with Crippen molar-refractivity contribution in [2.24, 2.45) is 17.8 Å². The van der Waals surface area contributed by atoms with Gasteiger partial charge in [0.25, 0.3) is 0 Å². The van der Waals surface area contributed by atoms with Crippen molar-refractivity contribution in [2.75, 3.05) is 0 Å². The number of fused-ring (bicyclic) bond motifs is 2. The summed E-state index contributed by atoms with van der Waals surface area (Å²) >= 11 is 0. The second kappa shape index (κ2) is 4.07. The average Bonchev–Trinajstić information content (AvgIpc) is 2.76. The number of nitrogens with one attached hydrogen (secondary N) is 1. The van der Waals surface area contributed by atoms with Crippen LogP contribution in [-0.2, 0) is 11.2 Å². The van der Waals surface area contributed by atoms with Crippen LogP contribution in [-0.4, -0.2) is 17.1 Å². The minimum atomic E-state index is -0.472. The Labute approximate surface area is 113 Å². The normalized spacial score (nSPS) is 38.7. The van der Waals surface area contributed by atoms with Crippen LogP contribution in [0.15, 0.2) is 24.3 Å². The van der Waals surface area contributed by atoms with Crippen molar-refractivity contribution in [3.8, 4) is 0 Å². The smallest absolute Gasteiger partial charge is 0.224 e. The van der Waals surface area contributed by atoms with Crippen molar-refractivity contribution in [3.63, 3.8) is 0 Å². The summed E-state index contributed by atoms with van der Waals surface area (Å²) in [5.74, 6) is 1.66. The first-order valence-corrected chi connectivity index (χ1v) is 7.32. The summed E-state index contributed by atoms with van der Waals surface area (Å²) in [6.07, 6.45) is 3.89. The number of aliphatic hydroxyl groups is 1. The van der Waals surface area contributed by atoms with Gasteiger partial charge in [-0.15, -0.1) is 0 Å².